The van der Waals surface area contributed by atoms with E-state index in [-0.39, 0.29) is 11.5 Å². The molecule has 0 aliphatic heterocycles. The van der Waals surface area contributed by atoms with E-state index in [1.54, 1.807) is 30.3 Å². The molecule has 1 aromatic heterocycles. The van der Waals surface area contributed by atoms with Crippen molar-refractivity contribution >= 4 is 51.3 Å². The van der Waals surface area contributed by atoms with Crippen molar-refractivity contribution in [3.05, 3.63) is 94.7 Å². The summed E-state index contributed by atoms with van der Waals surface area (Å²) >= 11 is 1.34. The lowest BCUT2D eigenvalue weighted by Crippen LogP contribution is -2.21. The molecule has 2 amide bonds. The van der Waals surface area contributed by atoms with Gasteiger partial charge in [0.05, 0.1) is 10.4 Å². The van der Waals surface area contributed by atoms with Crippen molar-refractivity contribution in [1.29, 1.82) is 0 Å². The van der Waals surface area contributed by atoms with Crippen LogP contribution in [0.1, 0.15) is 20.0 Å². The molecule has 0 aliphatic rings. The molecule has 0 radical (unpaired) electrons. The number of anilines is 2. The van der Waals surface area contributed by atoms with E-state index in [0.29, 0.717) is 16.3 Å². The van der Waals surface area contributed by atoms with E-state index in [1.807, 2.05) is 41.8 Å². The number of rotatable bonds is 6. The van der Waals surface area contributed by atoms with Gasteiger partial charge in [0.15, 0.2) is 6.61 Å². The first kappa shape index (κ1) is 20.3. The lowest BCUT2D eigenvalue weighted by Gasteiger charge is -2.09. The normalized spacial score (nSPS) is 10.5. The second kappa shape index (κ2) is 9.23. The largest absolute Gasteiger partial charge is 0.452 e. The van der Waals surface area contributed by atoms with Gasteiger partial charge in [-0.15, -0.1) is 11.3 Å². The Balaban J connectivity index is 1.32. The molecule has 1 heterocycles. The fraction of sp³-hybridized carbons (Fsp3) is 0.0417. The molecule has 0 aliphatic carbocycles. The average molecular weight is 430 g/mol. The molecule has 0 bridgehead atoms. The first-order chi connectivity index (χ1) is 15.1. The standard InChI is InChI=1S/C24H18N2O4S/c27-22(26-20-8-3-6-16-5-1-2-7-19(16)20)15-30-24(29)17-10-12-18(13-11-17)25-23(28)21-9-4-14-31-21/h1-14H,15H2,(H,25,28)(H,26,27). The zero-order valence-corrected chi connectivity index (χ0v) is 17.1. The van der Waals surface area contributed by atoms with Crippen LogP contribution in [0.25, 0.3) is 10.8 Å². The lowest BCUT2D eigenvalue weighted by atomic mass is 10.1. The highest BCUT2D eigenvalue weighted by atomic mass is 32.1. The summed E-state index contributed by atoms with van der Waals surface area (Å²) < 4.78 is 5.12. The van der Waals surface area contributed by atoms with Crippen LogP contribution in [0, 0.1) is 0 Å². The predicted molar refractivity (Wildman–Crippen MR) is 122 cm³/mol. The summed E-state index contributed by atoms with van der Waals surface area (Å²) in [4.78, 5) is 37.2. The van der Waals surface area contributed by atoms with Gasteiger partial charge in [0.2, 0.25) is 0 Å². The fourth-order valence-corrected chi connectivity index (χ4v) is 3.64. The van der Waals surface area contributed by atoms with Crippen molar-refractivity contribution in [2.45, 2.75) is 0 Å². The first-order valence-corrected chi connectivity index (χ1v) is 10.4. The summed E-state index contributed by atoms with van der Waals surface area (Å²) in [6, 6.07) is 23.1. The van der Waals surface area contributed by atoms with Gasteiger partial charge in [-0.25, -0.2) is 4.79 Å². The Morgan fingerprint density at radius 1 is 0.806 bits per heavy atom. The number of nitrogens with one attached hydrogen (secondary N) is 2. The molecule has 0 saturated carbocycles. The molecular weight excluding hydrogens is 412 g/mol. The predicted octanol–water partition coefficient (Wildman–Crippen LogP) is 4.95. The van der Waals surface area contributed by atoms with E-state index in [0.717, 1.165) is 10.8 Å². The Morgan fingerprint density at radius 2 is 1.58 bits per heavy atom. The summed E-state index contributed by atoms with van der Waals surface area (Å²) in [5.74, 6) is -1.26. The molecular formula is C24H18N2O4S. The van der Waals surface area contributed by atoms with E-state index >= 15 is 0 Å². The molecule has 0 fully saturated rings. The average Bonchev–Trinajstić information content (AvgIpc) is 3.33. The number of benzene rings is 3. The molecule has 0 atom stereocenters. The second-order valence-corrected chi connectivity index (χ2v) is 7.61. The van der Waals surface area contributed by atoms with Gasteiger partial charge in [-0.3, -0.25) is 9.59 Å². The molecule has 0 spiro atoms. The van der Waals surface area contributed by atoms with Crippen molar-refractivity contribution in [1.82, 2.24) is 0 Å². The van der Waals surface area contributed by atoms with Gasteiger partial charge in [-0.2, -0.15) is 0 Å². The summed E-state index contributed by atoms with van der Waals surface area (Å²) in [7, 11) is 0. The summed E-state index contributed by atoms with van der Waals surface area (Å²) in [5, 5.41) is 9.27. The third-order valence-corrected chi connectivity index (χ3v) is 5.39. The number of carbonyl (C=O) groups excluding carboxylic acids is 3. The minimum atomic E-state index is -0.621. The summed E-state index contributed by atoms with van der Waals surface area (Å²) in [6.45, 7) is -0.404. The van der Waals surface area contributed by atoms with Gasteiger partial charge in [0.1, 0.15) is 0 Å². The van der Waals surface area contributed by atoms with Crippen LogP contribution in [0.15, 0.2) is 84.2 Å². The van der Waals surface area contributed by atoms with Crippen molar-refractivity contribution in [3.8, 4) is 0 Å². The summed E-state index contributed by atoms with van der Waals surface area (Å²) in [6.07, 6.45) is 0. The Kier molecular flexibility index (Phi) is 6.05. The molecule has 154 valence electrons. The van der Waals surface area contributed by atoms with Gasteiger partial charge in [0, 0.05) is 16.8 Å². The van der Waals surface area contributed by atoms with Crippen LogP contribution in [0.3, 0.4) is 0 Å². The highest BCUT2D eigenvalue weighted by Gasteiger charge is 2.12. The Hall–Kier alpha value is -3.97. The van der Waals surface area contributed by atoms with Gasteiger partial charge < -0.3 is 15.4 Å². The number of esters is 1. The van der Waals surface area contributed by atoms with Crippen LogP contribution < -0.4 is 10.6 Å². The van der Waals surface area contributed by atoms with E-state index in [1.165, 1.54) is 23.5 Å². The maximum atomic E-state index is 12.2. The fourth-order valence-electron chi connectivity index (χ4n) is 3.03. The SMILES string of the molecule is O=C(COC(=O)c1ccc(NC(=O)c2cccs2)cc1)Nc1cccc2ccccc12. The minimum Gasteiger partial charge on any atom is -0.452 e. The van der Waals surface area contributed by atoms with E-state index in [9.17, 15) is 14.4 Å². The van der Waals surface area contributed by atoms with Crippen molar-refractivity contribution < 1.29 is 19.1 Å². The van der Waals surface area contributed by atoms with Crippen LogP contribution >= 0.6 is 11.3 Å². The maximum Gasteiger partial charge on any atom is 0.338 e. The molecule has 3 aromatic carbocycles. The number of hydrogen-bond acceptors (Lipinski definition) is 5. The highest BCUT2D eigenvalue weighted by Crippen LogP contribution is 2.23. The molecule has 4 rings (SSSR count). The monoisotopic (exact) mass is 430 g/mol. The number of ether oxygens (including phenoxy) is 1. The van der Waals surface area contributed by atoms with Gasteiger partial charge >= 0.3 is 5.97 Å². The minimum absolute atomic E-state index is 0.213. The molecule has 7 heteroatoms. The van der Waals surface area contributed by atoms with E-state index in [2.05, 4.69) is 10.6 Å². The highest BCUT2D eigenvalue weighted by molar-refractivity contribution is 7.12. The van der Waals surface area contributed by atoms with Gasteiger partial charge in [0.25, 0.3) is 11.8 Å². The smallest absolute Gasteiger partial charge is 0.338 e. The van der Waals surface area contributed by atoms with Crippen molar-refractivity contribution in [2.24, 2.45) is 0 Å². The molecule has 2 N–H and O–H groups in total. The second-order valence-electron chi connectivity index (χ2n) is 6.66. The van der Waals surface area contributed by atoms with Crippen molar-refractivity contribution in [2.75, 3.05) is 17.2 Å². The third kappa shape index (κ3) is 4.96. The molecule has 31 heavy (non-hydrogen) atoms. The Bertz CT molecular complexity index is 1230. The maximum absolute atomic E-state index is 12.2. The topological polar surface area (TPSA) is 84.5 Å². The number of hydrogen-bond donors (Lipinski definition) is 2. The van der Waals surface area contributed by atoms with Gasteiger partial charge in [-0.1, -0.05) is 42.5 Å². The van der Waals surface area contributed by atoms with Gasteiger partial charge in [-0.05, 0) is 47.2 Å². The molecule has 0 saturated heterocycles. The molecule has 6 nitrogen and oxygen atoms in total. The molecule has 0 unspecified atom stereocenters. The van der Waals surface area contributed by atoms with Crippen LogP contribution in [0.5, 0.6) is 0 Å². The zero-order chi connectivity index (χ0) is 21.6. The van der Waals surface area contributed by atoms with E-state index in [4.69, 9.17) is 4.74 Å². The van der Waals surface area contributed by atoms with E-state index < -0.39 is 18.5 Å². The van der Waals surface area contributed by atoms with Crippen LogP contribution in [0.2, 0.25) is 0 Å². The number of fused-ring (bicyclic) bond motifs is 1. The van der Waals surface area contributed by atoms with Crippen LogP contribution in [0.4, 0.5) is 11.4 Å². The summed E-state index contributed by atoms with van der Waals surface area (Å²) in [5.41, 5.74) is 1.50. The molecule has 4 aromatic rings. The Labute approximate surface area is 182 Å². The number of carbonyl (C=O) groups is 3. The van der Waals surface area contributed by atoms with Crippen molar-refractivity contribution in [3.63, 3.8) is 0 Å². The first-order valence-electron chi connectivity index (χ1n) is 9.50. The third-order valence-electron chi connectivity index (χ3n) is 4.52. The quantitative estimate of drug-likeness (QED) is 0.424. The number of amides is 2. The Morgan fingerprint density at radius 3 is 2.35 bits per heavy atom. The lowest BCUT2D eigenvalue weighted by molar-refractivity contribution is -0.119. The van der Waals surface area contributed by atoms with Crippen LogP contribution in [-0.2, 0) is 9.53 Å². The number of thiophene rings is 1. The zero-order valence-electron chi connectivity index (χ0n) is 16.3. The van der Waals surface area contributed by atoms with Crippen LogP contribution in [-0.4, -0.2) is 24.4 Å².